The predicted molar refractivity (Wildman–Crippen MR) is 112 cm³/mol. The highest BCUT2D eigenvalue weighted by atomic mass is 35.5. The van der Waals surface area contributed by atoms with Crippen LogP contribution in [0.1, 0.15) is 35.7 Å². The Morgan fingerprint density at radius 2 is 1.81 bits per heavy atom. The second kappa shape index (κ2) is 11.0. The van der Waals surface area contributed by atoms with Gasteiger partial charge in [0, 0.05) is 19.1 Å². The van der Waals surface area contributed by atoms with E-state index in [1.54, 1.807) is 0 Å². The second-order valence-corrected chi connectivity index (χ2v) is 6.74. The lowest BCUT2D eigenvalue weighted by molar-refractivity contribution is 0.0754. The molecule has 1 aliphatic heterocycles. The summed E-state index contributed by atoms with van der Waals surface area (Å²) in [5.41, 5.74) is 1.95. The van der Waals surface area contributed by atoms with E-state index < -0.39 is 0 Å². The summed E-state index contributed by atoms with van der Waals surface area (Å²) < 4.78 is 6.10. The van der Waals surface area contributed by atoms with Crippen LogP contribution in [0.2, 0.25) is 0 Å². The highest BCUT2D eigenvalue weighted by molar-refractivity contribution is 5.96. The molecule has 0 aromatic heterocycles. The van der Waals surface area contributed by atoms with Crippen LogP contribution in [0.15, 0.2) is 54.6 Å². The zero-order chi connectivity index (χ0) is 18.2. The van der Waals surface area contributed by atoms with Crippen LogP contribution in [-0.4, -0.2) is 43.1 Å². The number of carbonyl (C=O) groups is 1. The lowest BCUT2D eigenvalue weighted by Gasteiger charge is -2.25. The summed E-state index contributed by atoms with van der Waals surface area (Å²) in [7, 11) is 0. The fraction of sp³-hybridized carbons (Fsp3) is 0.409. The molecule has 1 amide bonds. The summed E-state index contributed by atoms with van der Waals surface area (Å²) in [6.45, 7) is 5.02. The topological polar surface area (TPSA) is 41.6 Å². The number of rotatable bonds is 3. The Morgan fingerprint density at radius 3 is 2.59 bits per heavy atom. The number of ether oxygens (including phenoxy) is 1. The van der Waals surface area contributed by atoms with Crippen molar-refractivity contribution in [1.82, 2.24) is 10.2 Å². The Bertz CT molecular complexity index is 708. The number of hydrogen-bond donors (Lipinski definition) is 1. The molecule has 5 heteroatoms. The van der Waals surface area contributed by atoms with Crippen LogP contribution < -0.4 is 10.1 Å². The molecule has 0 bridgehead atoms. The maximum Gasteiger partial charge on any atom is 0.257 e. The van der Waals surface area contributed by atoms with Gasteiger partial charge in [-0.1, -0.05) is 42.5 Å². The molecule has 1 N–H and O–H groups in total. The van der Waals surface area contributed by atoms with Crippen molar-refractivity contribution in [1.29, 1.82) is 0 Å². The van der Waals surface area contributed by atoms with Gasteiger partial charge in [-0.3, -0.25) is 4.79 Å². The van der Waals surface area contributed by atoms with Crippen molar-refractivity contribution >= 4 is 18.3 Å². The standard InChI is InChI=1S/C22H28N2O2.ClH/c1-2-24-15-9-8-14-23-19(16-18-10-4-3-5-11-18)17-26-21-13-7-6-12-20(21)22(24)25;/h3-7,10-13,19,23H,2,8-9,14-17H2,1H3;1H/t19-;/m0./s1. The largest absolute Gasteiger partial charge is 0.491 e. The van der Waals surface area contributed by atoms with Crippen LogP contribution >= 0.6 is 12.4 Å². The van der Waals surface area contributed by atoms with Gasteiger partial charge in [-0.05, 0) is 50.4 Å². The molecule has 4 nitrogen and oxygen atoms in total. The Balaban J connectivity index is 0.00000261. The molecule has 1 aliphatic rings. The molecule has 2 aromatic rings. The van der Waals surface area contributed by atoms with E-state index in [9.17, 15) is 4.79 Å². The van der Waals surface area contributed by atoms with Crippen molar-refractivity contribution in [2.75, 3.05) is 26.2 Å². The first-order chi connectivity index (χ1) is 12.8. The summed E-state index contributed by atoms with van der Waals surface area (Å²) in [5, 5.41) is 3.63. The van der Waals surface area contributed by atoms with Gasteiger partial charge in [-0.15, -0.1) is 12.4 Å². The Kier molecular flexibility index (Phi) is 8.62. The summed E-state index contributed by atoms with van der Waals surface area (Å²) in [4.78, 5) is 14.8. The van der Waals surface area contributed by atoms with E-state index in [-0.39, 0.29) is 24.4 Å². The van der Waals surface area contributed by atoms with Crippen molar-refractivity contribution in [3.8, 4) is 5.75 Å². The first-order valence-electron chi connectivity index (χ1n) is 9.56. The highest BCUT2D eigenvalue weighted by Gasteiger charge is 2.20. The molecule has 27 heavy (non-hydrogen) atoms. The molecule has 1 atom stereocenters. The van der Waals surface area contributed by atoms with Crippen LogP contribution in [0.3, 0.4) is 0 Å². The monoisotopic (exact) mass is 388 g/mol. The van der Waals surface area contributed by atoms with Gasteiger partial charge in [0.2, 0.25) is 0 Å². The predicted octanol–water partition coefficient (Wildman–Crippen LogP) is 3.94. The molecule has 0 spiro atoms. The van der Waals surface area contributed by atoms with Gasteiger partial charge < -0.3 is 15.0 Å². The molecule has 2 aromatic carbocycles. The number of hydrogen-bond acceptors (Lipinski definition) is 3. The molecule has 0 fully saturated rings. The molecule has 146 valence electrons. The molecular weight excluding hydrogens is 360 g/mol. The number of nitrogens with one attached hydrogen (secondary N) is 1. The maximum atomic E-state index is 12.9. The molecule has 0 radical (unpaired) electrons. The third-order valence-corrected chi connectivity index (χ3v) is 4.84. The lowest BCUT2D eigenvalue weighted by atomic mass is 10.1. The van der Waals surface area contributed by atoms with E-state index >= 15 is 0 Å². The maximum absolute atomic E-state index is 12.9. The fourth-order valence-corrected chi connectivity index (χ4v) is 3.36. The minimum absolute atomic E-state index is 0. The Hall–Kier alpha value is -2.04. The number of nitrogens with zero attached hydrogens (tertiary/aromatic N) is 1. The molecule has 0 saturated heterocycles. The average Bonchev–Trinajstić information content (AvgIpc) is 2.68. The van der Waals surface area contributed by atoms with E-state index in [1.807, 2.05) is 42.2 Å². The highest BCUT2D eigenvalue weighted by Crippen LogP contribution is 2.21. The number of para-hydroxylation sites is 1. The van der Waals surface area contributed by atoms with E-state index in [4.69, 9.17) is 4.74 Å². The Labute approximate surface area is 168 Å². The van der Waals surface area contributed by atoms with Crippen LogP contribution in [-0.2, 0) is 6.42 Å². The van der Waals surface area contributed by atoms with Gasteiger partial charge in [0.25, 0.3) is 5.91 Å². The minimum Gasteiger partial charge on any atom is -0.491 e. The third kappa shape index (κ3) is 5.98. The minimum atomic E-state index is 0. The molecule has 0 saturated carbocycles. The van der Waals surface area contributed by atoms with Gasteiger partial charge in [0.1, 0.15) is 12.4 Å². The van der Waals surface area contributed by atoms with E-state index in [0.29, 0.717) is 17.9 Å². The summed E-state index contributed by atoms with van der Waals surface area (Å²) in [6, 6.07) is 18.3. The Morgan fingerprint density at radius 1 is 1.07 bits per heavy atom. The summed E-state index contributed by atoms with van der Waals surface area (Å²) in [5.74, 6) is 0.743. The second-order valence-electron chi connectivity index (χ2n) is 6.74. The normalized spacial score (nSPS) is 18.3. The summed E-state index contributed by atoms with van der Waals surface area (Å²) >= 11 is 0. The number of amides is 1. The first kappa shape index (κ1) is 21.3. The molecule has 0 unspecified atom stereocenters. The molecule has 1 heterocycles. The van der Waals surface area contributed by atoms with Crippen molar-refractivity contribution < 1.29 is 9.53 Å². The van der Waals surface area contributed by atoms with Gasteiger partial charge in [-0.2, -0.15) is 0 Å². The summed E-state index contributed by atoms with van der Waals surface area (Å²) in [6.07, 6.45) is 2.97. The van der Waals surface area contributed by atoms with Crippen molar-refractivity contribution in [2.45, 2.75) is 32.2 Å². The first-order valence-corrected chi connectivity index (χ1v) is 9.56. The fourth-order valence-electron chi connectivity index (χ4n) is 3.36. The van der Waals surface area contributed by atoms with E-state index in [2.05, 4.69) is 29.6 Å². The third-order valence-electron chi connectivity index (χ3n) is 4.84. The number of carbonyl (C=O) groups excluding carboxylic acids is 1. The van der Waals surface area contributed by atoms with E-state index in [1.165, 1.54) is 5.56 Å². The van der Waals surface area contributed by atoms with Crippen molar-refractivity contribution in [2.24, 2.45) is 0 Å². The lowest BCUT2D eigenvalue weighted by Crippen LogP contribution is -2.39. The molecule has 3 rings (SSSR count). The van der Waals surface area contributed by atoms with Crippen LogP contribution in [0.5, 0.6) is 5.75 Å². The SMILES string of the molecule is CCN1CCCCN[C@@H](Cc2ccccc2)COc2ccccc2C1=O.Cl. The van der Waals surface area contributed by atoms with Gasteiger partial charge >= 0.3 is 0 Å². The van der Waals surface area contributed by atoms with Crippen molar-refractivity contribution in [3.63, 3.8) is 0 Å². The van der Waals surface area contributed by atoms with E-state index in [0.717, 1.165) is 38.9 Å². The van der Waals surface area contributed by atoms with Crippen LogP contribution in [0, 0.1) is 0 Å². The molecular formula is C22H29ClN2O2. The van der Waals surface area contributed by atoms with Gasteiger partial charge in [0.15, 0.2) is 0 Å². The zero-order valence-electron chi connectivity index (χ0n) is 15.9. The number of benzene rings is 2. The van der Waals surface area contributed by atoms with Crippen molar-refractivity contribution in [3.05, 3.63) is 65.7 Å². The van der Waals surface area contributed by atoms with Crippen LogP contribution in [0.25, 0.3) is 0 Å². The number of halogens is 1. The van der Waals surface area contributed by atoms with Gasteiger partial charge in [0.05, 0.1) is 5.56 Å². The smallest absolute Gasteiger partial charge is 0.257 e. The quantitative estimate of drug-likeness (QED) is 0.865. The number of fused-ring (bicyclic) bond motifs is 1. The van der Waals surface area contributed by atoms with Gasteiger partial charge in [-0.25, -0.2) is 0 Å². The average molecular weight is 389 g/mol. The van der Waals surface area contributed by atoms with Crippen LogP contribution in [0.4, 0.5) is 0 Å². The molecule has 0 aliphatic carbocycles. The zero-order valence-corrected chi connectivity index (χ0v) is 16.7.